The molecule has 0 aliphatic carbocycles. The van der Waals surface area contributed by atoms with Crippen molar-refractivity contribution in [2.24, 2.45) is 0 Å². The van der Waals surface area contributed by atoms with Crippen LogP contribution in [0, 0.1) is 0 Å². The average molecular weight is 230 g/mol. The highest BCUT2D eigenvalue weighted by molar-refractivity contribution is 5.17. The van der Waals surface area contributed by atoms with Gasteiger partial charge in [0.05, 0.1) is 25.2 Å². The van der Waals surface area contributed by atoms with E-state index in [9.17, 15) is 5.11 Å². The number of aromatic nitrogens is 2. The average Bonchev–Trinajstić information content (AvgIpc) is 2.76. The Hall–Kier alpha value is -1.65. The zero-order chi connectivity index (χ0) is 11.7. The molecular formula is C13H14N2O2. The molecule has 17 heavy (non-hydrogen) atoms. The van der Waals surface area contributed by atoms with Crippen molar-refractivity contribution in [1.82, 2.24) is 9.55 Å². The zero-order valence-corrected chi connectivity index (χ0v) is 9.41. The van der Waals surface area contributed by atoms with Crippen LogP contribution in [0.15, 0.2) is 42.9 Å². The predicted molar refractivity (Wildman–Crippen MR) is 62.5 cm³/mol. The highest BCUT2D eigenvalue weighted by Crippen LogP contribution is 2.27. The topological polar surface area (TPSA) is 47.3 Å². The Labute approximate surface area is 99.5 Å². The van der Waals surface area contributed by atoms with Gasteiger partial charge >= 0.3 is 0 Å². The van der Waals surface area contributed by atoms with Crippen molar-refractivity contribution in [3.05, 3.63) is 54.1 Å². The molecule has 4 heteroatoms. The summed E-state index contributed by atoms with van der Waals surface area (Å²) in [6, 6.07) is 10.2. The van der Waals surface area contributed by atoms with Crippen LogP contribution in [-0.4, -0.2) is 27.9 Å². The third kappa shape index (κ3) is 1.97. The Bertz CT molecular complexity index is 503. The van der Waals surface area contributed by atoms with E-state index in [0.717, 1.165) is 6.54 Å². The number of nitrogens with zero attached hydrogens (tertiary/aromatic N) is 2. The molecule has 0 spiro atoms. The van der Waals surface area contributed by atoms with E-state index >= 15 is 0 Å². The summed E-state index contributed by atoms with van der Waals surface area (Å²) < 4.78 is 6.99. The molecule has 1 N–H and O–H groups in total. The van der Waals surface area contributed by atoms with Gasteiger partial charge in [0.2, 0.25) is 0 Å². The van der Waals surface area contributed by atoms with Crippen molar-refractivity contribution in [3.63, 3.8) is 0 Å². The fraction of sp³-hybridized carbons (Fsp3) is 0.308. The summed E-state index contributed by atoms with van der Waals surface area (Å²) in [5.41, 5.74) is 1.04. The fourth-order valence-electron chi connectivity index (χ4n) is 1.92. The monoisotopic (exact) mass is 230 g/mol. The van der Waals surface area contributed by atoms with E-state index in [4.69, 9.17) is 4.74 Å². The van der Waals surface area contributed by atoms with Crippen LogP contribution in [0.5, 0.6) is 0 Å². The van der Waals surface area contributed by atoms with E-state index in [0.29, 0.717) is 18.9 Å². The molecule has 0 amide bonds. The van der Waals surface area contributed by atoms with Gasteiger partial charge in [0.25, 0.3) is 0 Å². The number of rotatable bonds is 3. The van der Waals surface area contributed by atoms with E-state index in [1.165, 1.54) is 5.56 Å². The molecule has 1 fully saturated rings. The summed E-state index contributed by atoms with van der Waals surface area (Å²) in [4.78, 5) is 4.24. The van der Waals surface area contributed by atoms with Gasteiger partial charge in [-0.1, -0.05) is 30.3 Å². The van der Waals surface area contributed by atoms with Gasteiger partial charge in [0, 0.05) is 12.7 Å². The van der Waals surface area contributed by atoms with Crippen LogP contribution in [-0.2, 0) is 16.9 Å². The van der Waals surface area contributed by atoms with Gasteiger partial charge in [-0.25, -0.2) is 4.98 Å². The van der Waals surface area contributed by atoms with Gasteiger partial charge in [0.1, 0.15) is 0 Å². The molecule has 1 aromatic heterocycles. The quantitative estimate of drug-likeness (QED) is 0.860. The van der Waals surface area contributed by atoms with Gasteiger partial charge in [-0.3, -0.25) is 0 Å². The van der Waals surface area contributed by atoms with Crippen molar-refractivity contribution in [2.75, 3.05) is 13.2 Å². The number of hydrogen-bond acceptors (Lipinski definition) is 3. The number of benzene rings is 1. The second kappa shape index (κ2) is 3.98. The van der Waals surface area contributed by atoms with E-state index < -0.39 is 5.60 Å². The van der Waals surface area contributed by atoms with Crippen molar-refractivity contribution < 1.29 is 9.84 Å². The Morgan fingerprint density at radius 2 is 2.06 bits per heavy atom. The third-order valence-electron chi connectivity index (χ3n) is 3.00. The largest absolute Gasteiger partial charge is 0.379 e. The minimum absolute atomic E-state index is 0.343. The summed E-state index contributed by atoms with van der Waals surface area (Å²) in [5.74, 6) is 0. The molecule has 4 nitrogen and oxygen atoms in total. The molecule has 0 radical (unpaired) electrons. The van der Waals surface area contributed by atoms with Crippen LogP contribution in [0.25, 0.3) is 0 Å². The van der Waals surface area contributed by atoms with Gasteiger partial charge < -0.3 is 14.4 Å². The first kappa shape index (κ1) is 10.5. The summed E-state index contributed by atoms with van der Waals surface area (Å²) >= 11 is 0. The lowest BCUT2D eigenvalue weighted by Gasteiger charge is -2.34. The van der Waals surface area contributed by atoms with Gasteiger partial charge in [-0.15, -0.1) is 0 Å². The molecule has 88 valence electrons. The maximum absolute atomic E-state index is 10.1. The minimum atomic E-state index is -0.873. The molecule has 1 aromatic carbocycles. The molecule has 1 saturated heterocycles. The maximum atomic E-state index is 10.1. The Balaban J connectivity index is 1.77. The Morgan fingerprint density at radius 3 is 2.71 bits per heavy atom. The molecular weight excluding hydrogens is 216 g/mol. The molecule has 2 heterocycles. The minimum Gasteiger partial charge on any atom is -0.379 e. The smallest absolute Gasteiger partial charge is 0.154 e. The molecule has 1 aliphatic rings. The highest BCUT2D eigenvalue weighted by Gasteiger charge is 2.40. The molecule has 0 atom stereocenters. The molecule has 0 unspecified atom stereocenters. The number of imidazole rings is 1. The lowest BCUT2D eigenvalue weighted by molar-refractivity contribution is -0.186. The van der Waals surface area contributed by atoms with Crippen LogP contribution >= 0.6 is 0 Å². The summed E-state index contributed by atoms with van der Waals surface area (Å²) in [5, 5.41) is 10.1. The van der Waals surface area contributed by atoms with E-state index in [1.54, 1.807) is 6.33 Å². The predicted octanol–water partition coefficient (Wildman–Crippen LogP) is 1.15. The lowest BCUT2D eigenvalue weighted by atomic mass is 9.99. The van der Waals surface area contributed by atoms with Crippen LogP contribution in [0.3, 0.4) is 0 Å². The van der Waals surface area contributed by atoms with Gasteiger partial charge in [-0.05, 0) is 5.56 Å². The van der Waals surface area contributed by atoms with Gasteiger partial charge in [-0.2, -0.15) is 0 Å². The molecule has 0 bridgehead atoms. The van der Waals surface area contributed by atoms with Crippen LogP contribution < -0.4 is 0 Å². The normalized spacial score (nSPS) is 17.7. The first-order valence-corrected chi connectivity index (χ1v) is 5.63. The van der Waals surface area contributed by atoms with Crippen molar-refractivity contribution in [3.8, 4) is 0 Å². The fourth-order valence-corrected chi connectivity index (χ4v) is 1.92. The SMILES string of the molecule is OC1(c2cn(Cc3ccccc3)cn2)COC1. The summed E-state index contributed by atoms with van der Waals surface area (Å²) in [7, 11) is 0. The van der Waals surface area contributed by atoms with Crippen LogP contribution in [0.1, 0.15) is 11.3 Å². The van der Waals surface area contributed by atoms with E-state index in [-0.39, 0.29) is 0 Å². The molecule has 2 aromatic rings. The highest BCUT2D eigenvalue weighted by atomic mass is 16.5. The third-order valence-corrected chi connectivity index (χ3v) is 3.00. The standard InChI is InChI=1S/C13H14N2O2/c16-13(8-17-9-13)12-7-15(10-14-12)6-11-4-2-1-3-5-11/h1-5,7,10,16H,6,8-9H2. The number of hydrogen-bond donors (Lipinski definition) is 1. The molecule has 1 aliphatic heterocycles. The van der Waals surface area contributed by atoms with E-state index in [1.807, 2.05) is 29.0 Å². The van der Waals surface area contributed by atoms with E-state index in [2.05, 4.69) is 17.1 Å². The second-order valence-corrected chi connectivity index (χ2v) is 4.44. The Kier molecular flexibility index (Phi) is 2.46. The second-order valence-electron chi connectivity index (χ2n) is 4.44. The summed E-state index contributed by atoms with van der Waals surface area (Å²) in [6.45, 7) is 1.45. The van der Waals surface area contributed by atoms with Crippen LogP contribution in [0.4, 0.5) is 0 Å². The van der Waals surface area contributed by atoms with Crippen molar-refractivity contribution in [2.45, 2.75) is 12.1 Å². The molecule has 3 rings (SSSR count). The van der Waals surface area contributed by atoms with Crippen molar-refractivity contribution >= 4 is 0 Å². The first-order valence-electron chi connectivity index (χ1n) is 5.63. The maximum Gasteiger partial charge on any atom is 0.154 e. The zero-order valence-electron chi connectivity index (χ0n) is 9.41. The Morgan fingerprint density at radius 1 is 1.29 bits per heavy atom. The van der Waals surface area contributed by atoms with Gasteiger partial charge in [0.15, 0.2) is 5.60 Å². The molecule has 0 saturated carbocycles. The number of ether oxygens (including phenoxy) is 1. The lowest BCUT2D eigenvalue weighted by Crippen LogP contribution is -2.46. The first-order chi connectivity index (χ1) is 8.26. The van der Waals surface area contributed by atoms with Crippen molar-refractivity contribution in [1.29, 1.82) is 0 Å². The number of aliphatic hydroxyl groups is 1. The summed E-state index contributed by atoms with van der Waals surface area (Å²) in [6.07, 6.45) is 3.63. The van der Waals surface area contributed by atoms with Crippen LogP contribution in [0.2, 0.25) is 0 Å².